The first-order valence-electron chi connectivity index (χ1n) is 6.55. The fraction of sp³-hybridized carbons (Fsp3) is 0. The van der Waals surface area contributed by atoms with E-state index in [9.17, 15) is 9.90 Å². The number of rotatable bonds is 3. The molecule has 0 aliphatic rings. The zero-order chi connectivity index (χ0) is 16.4. The lowest BCUT2D eigenvalue weighted by Crippen LogP contribution is -2.16. The molecule has 0 aliphatic heterocycles. The zero-order valence-corrected chi connectivity index (χ0v) is 13.9. The summed E-state index contributed by atoms with van der Waals surface area (Å²) in [7, 11) is 0. The molecule has 0 fully saturated rings. The van der Waals surface area contributed by atoms with Crippen molar-refractivity contribution < 1.29 is 9.90 Å². The number of thiophene rings is 1. The van der Waals surface area contributed by atoms with Gasteiger partial charge in [-0.05, 0) is 24.3 Å². The molecule has 1 aromatic heterocycles. The number of benzene rings is 2. The first-order valence-corrected chi connectivity index (χ1v) is 8.12. The van der Waals surface area contributed by atoms with Gasteiger partial charge in [-0.3, -0.25) is 4.79 Å². The van der Waals surface area contributed by atoms with Crippen molar-refractivity contribution in [1.29, 1.82) is 0 Å². The summed E-state index contributed by atoms with van der Waals surface area (Å²) in [4.78, 5) is 12.6. The van der Waals surface area contributed by atoms with Crippen LogP contribution in [0.25, 0.3) is 10.1 Å². The number of hydrogen-bond acceptors (Lipinski definition) is 4. The molecular weight excluding hydrogens is 355 g/mol. The smallest absolute Gasteiger partial charge is 0.283 e. The molecular formula is C16H10Cl2N2O2S. The minimum absolute atomic E-state index is 0.0834. The zero-order valence-electron chi connectivity index (χ0n) is 11.6. The van der Waals surface area contributed by atoms with Crippen LogP contribution in [-0.2, 0) is 0 Å². The minimum atomic E-state index is -0.418. The second-order valence-electron chi connectivity index (χ2n) is 4.64. The van der Waals surface area contributed by atoms with Crippen LogP contribution in [0.1, 0.15) is 15.2 Å². The van der Waals surface area contributed by atoms with Gasteiger partial charge < -0.3 is 5.11 Å². The van der Waals surface area contributed by atoms with Gasteiger partial charge in [0.25, 0.3) is 5.91 Å². The molecule has 7 heteroatoms. The van der Waals surface area contributed by atoms with Gasteiger partial charge in [0.2, 0.25) is 0 Å². The number of halogens is 2. The van der Waals surface area contributed by atoms with Gasteiger partial charge in [0, 0.05) is 20.7 Å². The number of phenols is 1. The maximum absolute atomic E-state index is 12.2. The van der Waals surface area contributed by atoms with Crippen molar-refractivity contribution in [3.05, 3.63) is 63.0 Å². The summed E-state index contributed by atoms with van der Waals surface area (Å²) in [6, 6.07) is 11.9. The Bertz CT molecular complexity index is 922. The van der Waals surface area contributed by atoms with Crippen molar-refractivity contribution in [3.8, 4) is 5.75 Å². The largest absolute Gasteiger partial charge is 0.507 e. The van der Waals surface area contributed by atoms with Gasteiger partial charge in [-0.1, -0.05) is 41.4 Å². The van der Waals surface area contributed by atoms with Crippen LogP contribution >= 0.6 is 34.5 Å². The molecule has 0 radical (unpaired) electrons. The van der Waals surface area contributed by atoms with E-state index in [0.717, 1.165) is 10.1 Å². The van der Waals surface area contributed by atoms with Crippen molar-refractivity contribution in [2.24, 2.45) is 5.10 Å². The van der Waals surface area contributed by atoms with Gasteiger partial charge in [-0.15, -0.1) is 11.3 Å². The lowest BCUT2D eigenvalue weighted by atomic mass is 10.2. The van der Waals surface area contributed by atoms with E-state index in [2.05, 4.69) is 10.5 Å². The lowest BCUT2D eigenvalue weighted by molar-refractivity contribution is 0.0959. The number of fused-ring (bicyclic) bond motifs is 1. The molecule has 3 aromatic rings. The lowest BCUT2D eigenvalue weighted by Gasteiger charge is -1.99. The number of nitrogens with zero attached hydrogens (tertiary/aromatic N) is 1. The summed E-state index contributed by atoms with van der Waals surface area (Å²) in [5.74, 6) is -0.334. The molecule has 23 heavy (non-hydrogen) atoms. The molecule has 4 nitrogen and oxygen atoms in total. The monoisotopic (exact) mass is 364 g/mol. The van der Waals surface area contributed by atoms with E-state index in [1.807, 2.05) is 0 Å². The van der Waals surface area contributed by atoms with E-state index in [4.69, 9.17) is 23.2 Å². The maximum atomic E-state index is 12.2. The molecule has 0 saturated heterocycles. The molecule has 1 heterocycles. The Labute approximate surface area is 146 Å². The Morgan fingerprint density at radius 3 is 2.78 bits per heavy atom. The summed E-state index contributed by atoms with van der Waals surface area (Å²) in [6.45, 7) is 0. The SMILES string of the molecule is O=C(NN=Cc1ccccc1O)c1sc2cc(Cl)ccc2c1Cl. The highest BCUT2D eigenvalue weighted by Gasteiger charge is 2.16. The van der Waals surface area contributed by atoms with Crippen molar-refractivity contribution in [3.63, 3.8) is 0 Å². The van der Waals surface area contributed by atoms with Gasteiger partial charge in [0.1, 0.15) is 10.6 Å². The van der Waals surface area contributed by atoms with Crippen LogP contribution in [0.2, 0.25) is 10.0 Å². The molecule has 0 spiro atoms. The third-order valence-electron chi connectivity index (χ3n) is 3.10. The number of phenolic OH excluding ortho intramolecular Hbond substituents is 1. The molecule has 0 aliphatic carbocycles. The van der Waals surface area contributed by atoms with Gasteiger partial charge >= 0.3 is 0 Å². The van der Waals surface area contributed by atoms with E-state index >= 15 is 0 Å². The summed E-state index contributed by atoms with van der Waals surface area (Å²) in [6.07, 6.45) is 1.37. The summed E-state index contributed by atoms with van der Waals surface area (Å²) < 4.78 is 0.831. The highest BCUT2D eigenvalue weighted by Crippen LogP contribution is 2.36. The molecule has 116 valence electrons. The van der Waals surface area contributed by atoms with Crippen LogP contribution in [0.15, 0.2) is 47.6 Å². The number of hydrogen-bond donors (Lipinski definition) is 2. The molecule has 0 bridgehead atoms. The van der Waals surface area contributed by atoms with Crippen LogP contribution < -0.4 is 5.43 Å². The van der Waals surface area contributed by atoms with Gasteiger partial charge in [-0.25, -0.2) is 5.43 Å². The van der Waals surface area contributed by atoms with Crippen LogP contribution in [0.4, 0.5) is 0 Å². The van der Waals surface area contributed by atoms with E-state index in [1.165, 1.54) is 23.6 Å². The predicted octanol–water partition coefficient (Wildman–Crippen LogP) is 4.68. The molecule has 2 N–H and O–H groups in total. The number of nitrogens with one attached hydrogen (secondary N) is 1. The number of para-hydroxylation sites is 1. The number of aromatic hydroxyl groups is 1. The first-order chi connectivity index (χ1) is 11.1. The van der Waals surface area contributed by atoms with Crippen molar-refractivity contribution in [2.45, 2.75) is 0 Å². The maximum Gasteiger partial charge on any atom is 0.283 e. The molecule has 0 atom stereocenters. The minimum Gasteiger partial charge on any atom is -0.507 e. The van der Waals surface area contributed by atoms with Gasteiger partial charge in [0.15, 0.2) is 0 Å². The van der Waals surface area contributed by atoms with E-state index in [1.54, 1.807) is 36.4 Å². The Morgan fingerprint density at radius 1 is 1.22 bits per heavy atom. The standard InChI is InChI=1S/C16H10Cl2N2O2S/c17-10-5-6-11-13(7-10)23-15(14(11)18)16(22)20-19-8-9-3-1-2-4-12(9)21/h1-8,21H,(H,20,22). The second-order valence-corrected chi connectivity index (χ2v) is 6.51. The third-order valence-corrected chi connectivity index (χ3v) is 5.00. The molecule has 0 saturated carbocycles. The number of hydrazone groups is 1. The first kappa shape index (κ1) is 15.8. The summed E-state index contributed by atoms with van der Waals surface area (Å²) in [5.41, 5.74) is 2.91. The van der Waals surface area contributed by atoms with E-state index in [-0.39, 0.29) is 5.75 Å². The Kier molecular flexibility index (Phi) is 4.52. The normalized spacial score (nSPS) is 11.2. The highest BCUT2D eigenvalue weighted by atomic mass is 35.5. The van der Waals surface area contributed by atoms with Crippen molar-refractivity contribution in [2.75, 3.05) is 0 Å². The van der Waals surface area contributed by atoms with Crippen LogP contribution in [0, 0.1) is 0 Å². The Balaban J connectivity index is 1.81. The second kappa shape index (κ2) is 6.58. The number of amides is 1. The molecule has 1 amide bonds. The van der Waals surface area contributed by atoms with E-state index < -0.39 is 5.91 Å². The summed E-state index contributed by atoms with van der Waals surface area (Å²) in [5, 5.41) is 15.2. The Morgan fingerprint density at radius 2 is 2.00 bits per heavy atom. The average molecular weight is 365 g/mol. The number of carbonyl (C=O) groups is 1. The quantitative estimate of drug-likeness (QED) is 0.523. The Hall–Kier alpha value is -2.08. The molecule has 0 unspecified atom stereocenters. The highest BCUT2D eigenvalue weighted by molar-refractivity contribution is 7.21. The average Bonchev–Trinajstić information content (AvgIpc) is 2.85. The topological polar surface area (TPSA) is 61.7 Å². The molecule has 2 aromatic carbocycles. The number of carbonyl (C=O) groups excluding carboxylic acids is 1. The van der Waals surface area contributed by atoms with Gasteiger partial charge in [-0.2, -0.15) is 5.10 Å². The predicted molar refractivity (Wildman–Crippen MR) is 95.0 cm³/mol. The third kappa shape index (κ3) is 3.32. The van der Waals surface area contributed by atoms with Gasteiger partial charge in [0.05, 0.1) is 11.2 Å². The van der Waals surface area contributed by atoms with E-state index in [0.29, 0.717) is 20.5 Å². The summed E-state index contributed by atoms with van der Waals surface area (Å²) >= 11 is 13.4. The van der Waals surface area contributed by atoms with Crippen LogP contribution in [0.5, 0.6) is 5.75 Å². The van der Waals surface area contributed by atoms with Crippen LogP contribution in [-0.4, -0.2) is 17.2 Å². The molecule has 3 rings (SSSR count). The fourth-order valence-electron chi connectivity index (χ4n) is 1.99. The fourth-order valence-corrected chi connectivity index (χ4v) is 3.68. The van der Waals surface area contributed by atoms with Crippen molar-refractivity contribution in [1.82, 2.24) is 5.43 Å². The van der Waals surface area contributed by atoms with Crippen molar-refractivity contribution >= 4 is 56.7 Å². The van der Waals surface area contributed by atoms with Crippen LogP contribution in [0.3, 0.4) is 0 Å².